The lowest BCUT2D eigenvalue weighted by molar-refractivity contribution is -0.140. The molecule has 0 aliphatic heterocycles. The fraction of sp³-hybridized carbons (Fsp3) is 0.611. The van der Waals surface area contributed by atoms with Crippen LogP contribution in [-0.2, 0) is 4.79 Å². The van der Waals surface area contributed by atoms with E-state index in [2.05, 4.69) is 5.32 Å². The number of benzene rings is 1. The Labute approximate surface area is 147 Å². The van der Waals surface area contributed by atoms with Crippen LogP contribution in [0.5, 0.6) is 11.5 Å². The summed E-state index contributed by atoms with van der Waals surface area (Å²) >= 11 is 0. The summed E-state index contributed by atoms with van der Waals surface area (Å²) in [6, 6.07) is 1.96. The lowest BCUT2D eigenvalue weighted by Crippen LogP contribution is -2.42. The summed E-state index contributed by atoms with van der Waals surface area (Å²) in [5.74, 6) is -0.411. The van der Waals surface area contributed by atoms with Gasteiger partial charge in [-0.3, -0.25) is 10.1 Å². The molecule has 5 nitrogen and oxygen atoms in total. The Hall–Kier alpha value is -1.89. The van der Waals surface area contributed by atoms with E-state index in [1.54, 1.807) is 0 Å². The van der Waals surface area contributed by atoms with Crippen molar-refractivity contribution < 1.29 is 28.2 Å². The van der Waals surface area contributed by atoms with Crippen molar-refractivity contribution in [3.8, 4) is 11.5 Å². The summed E-state index contributed by atoms with van der Waals surface area (Å²) in [6.07, 6.45) is -1.91. The first kappa shape index (κ1) is 21.2. The number of carbonyl (C=O) groups is 1. The highest BCUT2D eigenvalue weighted by Gasteiger charge is 2.30. The molecule has 0 bridgehead atoms. The number of alkyl halides is 2. The SMILES string of the molecule is COc1ccc([C@@H](N[C@@H](CCC(C)(C)C)C(=O)O)C(F)F)cc1OC. The monoisotopic (exact) mass is 359 g/mol. The maximum Gasteiger partial charge on any atom is 0.320 e. The standard InChI is InChI=1S/C18H27F2NO4/c1-18(2,3)9-8-12(17(22)23)21-15(16(19)20)11-6-7-13(24-4)14(10-11)25-5/h6-7,10,12,15-16,21H,8-9H2,1-5H3,(H,22,23)/t12-,15+/m0/s1. The van der Waals surface area contributed by atoms with E-state index in [1.807, 2.05) is 20.8 Å². The molecule has 142 valence electrons. The van der Waals surface area contributed by atoms with E-state index in [9.17, 15) is 18.7 Å². The molecule has 7 heteroatoms. The first-order valence-electron chi connectivity index (χ1n) is 8.08. The molecule has 0 amide bonds. The smallest absolute Gasteiger partial charge is 0.320 e. The van der Waals surface area contributed by atoms with Crippen LogP contribution in [0.4, 0.5) is 8.78 Å². The number of aliphatic carboxylic acids is 1. The molecule has 2 N–H and O–H groups in total. The third kappa shape index (κ3) is 6.49. The number of carboxylic acid groups (broad SMARTS) is 1. The van der Waals surface area contributed by atoms with Crippen molar-refractivity contribution in [1.29, 1.82) is 0 Å². The van der Waals surface area contributed by atoms with Crippen LogP contribution in [0.3, 0.4) is 0 Å². The molecule has 2 atom stereocenters. The zero-order chi connectivity index (χ0) is 19.2. The van der Waals surface area contributed by atoms with Crippen LogP contribution in [0, 0.1) is 5.41 Å². The molecular formula is C18H27F2NO4. The average Bonchev–Trinajstić information content (AvgIpc) is 2.52. The molecule has 0 saturated heterocycles. The maximum atomic E-state index is 13.6. The number of rotatable bonds is 9. The second kappa shape index (κ2) is 8.99. The number of hydrogen-bond donors (Lipinski definition) is 2. The normalized spacial score (nSPS) is 14.2. The van der Waals surface area contributed by atoms with Crippen LogP contribution >= 0.6 is 0 Å². The van der Waals surface area contributed by atoms with Gasteiger partial charge in [0.05, 0.1) is 20.3 Å². The van der Waals surface area contributed by atoms with E-state index in [1.165, 1.54) is 32.4 Å². The molecule has 0 aromatic heterocycles. The van der Waals surface area contributed by atoms with Gasteiger partial charge in [-0.15, -0.1) is 0 Å². The summed E-state index contributed by atoms with van der Waals surface area (Å²) in [5.41, 5.74) is 0.161. The minimum atomic E-state index is -2.77. The van der Waals surface area contributed by atoms with E-state index in [-0.39, 0.29) is 17.4 Å². The lowest BCUT2D eigenvalue weighted by atomic mass is 9.88. The van der Waals surface area contributed by atoms with Crippen LogP contribution in [-0.4, -0.2) is 37.8 Å². The van der Waals surface area contributed by atoms with Gasteiger partial charge in [-0.2, -0.15) is 0 Å². The summed E-state index contributed by atoms with van der Waals surface area (Å²) in [7, 11) is 2.86. The van der Waals surface area contributed by atoms with Gasteiger partial charge in [0.15, 0.2) is 11.5 Å². The highest BCUT2D eigenvalue weighted by atomic mass is 19.3. The van der Waals surface area contributed by atoms with Gasteiger partial charge in [0.25, 0.3) is 6.43 Å². The Bertz CT molecular complexity index is 573. The maximum absolute atomic E-state index is 13.6. The number of halogens is 2. The van der Waals surface area contributed by atoms with Crippen LogP contribution < -0.4 is 14.8 Å². The summed E-state index contributed by atoms with van der Waals surface area (Å²) in [6.45, 7) is 5.93. The molecule has 0 aliphatic rings. The van der Waals surface area contributed by atoms with E-state index in [0.717, 1.165) is 0 Å². The molecule has 1 aromatic carbocycles. The van der Waals surface area contributed by atoms with E-state index in [0.29, 0.717) is 17.9 Å². The van der Waals surface area contributed by atoms with Crippen LogP contribution in [0.25, 0.3) is 0 Å². The van der Waals surface area contributed by atoms with Gasteiger partial charge >= 0.3 is 5.97 Å². The van der Waals surface area contributed by atoms with Crippen molar-refractivity contribution in [1.82, 2.24) is 5.32 Å². The molecular weight excluding hydrogens is 332 g/mol. The summed E-state index contributed by atoms with van der Waals surface area (Å²) < 4.78 is 37.4. The molecule has 1 rings (SSSR count). The minimum absolute atomic E-state index is 0.0843. The van der Waals surface area contributed by atoms with Gasteiger partial charge in [0, 0.05) is 0 Å². The molecule has 0 saturated carbocycles. The lowest BCUT2D eigenvalue weighted by Gasteiger charge is -2.26. The predicted molar refractivity (Wildman–Crippen MR) is 91.5 cm³/mol. The zero-order valence-corrected chi connectivity index (χ0v) is 15.3. The van der Waals surface area contributed by atoms with E-state index >= 15 is 0 Å². The quantitative estimate of drug-likeness (QED) is 0.700. The second-order valence-electron chi connectivity index (χ2n) is 7.08. The Kier molecular flexibility index (Phi) is 7.60. The Morgan fingerprint density at radius 3 is 2.24 bits per heavy atom. The Balaban J connectivity index is 3.03. The summed E-state index contributed by atoms with van der Waals surface area (Å²) in [4.78, 5) is 11.5. The van der Waals surface area contributed by atoms with Gasteiger partial charge in [-0.25, -0.2) is 8.78 Å². The highest BCUT2D eigenvalue weighted by molar-refractivity contribution is 5.73. The molecule has 1 aromatic rings. The van der Waals surface area contributed by atoms with Crippen molar-refractivity contribution in [3.05, 3.63) is 23.8 Å². The number of ether oxygens (including phenoxy) is 2. The highest BCUT2D eigenvalue weighted by Crippen LogP contribution is 2.32. The third-order valence-electron chi connectivity index (χ3n) is 3.88. The molecule has 25 heavy (non-hydrogen) atoms. The van der Waals surface area contributed by atoms with Gasteiger partial charge in [-0.05, 0) is 36.0 Å². The van der Waals surface area contributed by atoms with Gasteiger partial charge in [0.1, 0.15) is 6.04 Å². The largest absolute Gasteiger partial charge is 0.493 e. The molecule has 0 fully saturated rings. The number of nitrogens with one attached hydrogen (secondary N) is 1. The van der Waals surface area contributed by atoms with Gasteiger partial charge in [-0.1, -0.05) is 26.8 Å². The number of hydrogen-bond acceptors (Lipinski definition) is 4. The summed E-state index contributed by atoms with van der Waals surface area (Å²) in [5, 5.41) is 12.0. The minimum Gasteiger partial charge on any atom is -0.493 e. The Morgan fingerprint density at radius 2 is 1.80 bits per heavy atom. The third-order valence-corrected chi connectivity index (χ3v) is 3.88. The zero-order valence-electron chi connectivity index (χ0n) is 15.3. The van der Waals surface area contributed by atoms with Crippen molar-refractivity contribution in [3.63, 3.8) is 0 Å². The fourth-order valence-corrected chi connectivity index (χ4v) is 2.43. The van der Waals surface area contributed by atoms with Crippen molar-refractivity contribution >= 4 is 5.97 Å². The second-order valence-corrected chi connectivity index (χ2v) is 7.08. The first-order chi connectivity index (χ1) is 11.6. The van der Waals surface area contributed by atoms with Crippen LogP contribution in [0.1, 0.15) is 45.2 Å². The molecule has 0 radical (unpaired) electrons. The molecule has 0 heterocycles. The van der Waals surface area contributed by atoms with Crippen LogP contribution in [0.15, 0.2) is 18.2 Å². The van der Waals surface area contributed by atoms with E-state index in [4.69, 9.17) is 9.47 Å². The molecule has 0 aliphatic carbocycles. The van der Waals surface area contributed by atoms with Crippen molar-refractivity contribution in [2.75, 3.05) is 14.2 Å². The molecule has 0 spiro atoms. The van der Waals surface area contributed by atoms with E-state index < -0.39 is 24.5 Å². The predicted octanol–water partition coefficient (Wildman–Crippen LogP) is 3.88. The van der Waals surface area contributed by atoms with Crippen LogP contribution in [0.2, 0.25) is 0 Å². The fourth-order valence-electron chi connectivity index (χ4n) is 2.43. The Morgan fingerprint density at radius 1 is 1.20 bits per heavy atom. The molecule has 0 unspecified atom stereocenters. The average molecular weight is 359 g/mol. The van der Waals surface area contributed by atoms with Gasteiger partial charge in [0.2, 0.25) is 0 Å². The number of carboxylic acids is 1. The van der Waals surface area contributed by atoms with Gasteiger partial charge < -0.3 is 14.6 Å². The van der Waals surface area contributed by atoms with Crippen molar-refractivity contribution in [2.24, 2.45) is 5.41 Å². The van der Waals surface area contributed by atoms with Crippen molar-refractivity contribution in [2.45, 2.75) is 52.1 Å². The first-order valence-corrected chi connectivity index (χ1v) is 8.08. The number of methoxy groups -OCH3 is 2. The topological polar surface area (TPSA) is 67.8 Å².